The number of nitrogens with one attached hydrogen (secondary N) is 1. The highest BCUT2D eigenvalue weighted by atomic mass is 14.9. The molecule has 0 bridgehead atoms. The van der Waals surface area contributed by atoms with Crippen LogP contribution in [0.4, 0.5) is 0 Å². The Bertz CT molecular complexity index is 384. The molecule has 1 heteroatoms. The van der Waals surface area contributed by atoms with E-state index in [0.29, 0.717) is 5.41 Å². The summed E-state index contributed by atoms with van der Waals surface area (Å²) in [6.07, 6.45) is 13.2. The minimum Gasteiger partial charge on any atom is -0.388 e. The zero-order valence-corrected chi connectivity index (χ0v) is 10.3. The van der Waals surface area contributed by atoms with Crippen LogP contribution in [-0.2, 0) is 0 Å². The highest BCUT2D eigenvalue weighted by Crippen LogP contribution is 2.51. The molecule has 0 aromatic rings. The number of piperidine rings is 1. The first-order chi connectivity index (χ1) is 7.69. The van der Waals surface area contributed by atoms with Crippen molar-refractivity contribution in [3.63, 3.8) is 0 Å². The van der Waals surface area contributed by atoms with Gasteiger partial charge in [-0.25, -0.2) is 0 Å². The summed E-state index contributed by atoms with van der Waals surface area (Å²) in [6.45, 7) is 6.07. The lowest BCUT2D eigenvalue weighted by molar-refractivity contribution is 0.129. The number of fused-ring (bicyclic) bond motifs is 2. The quantitative estimate of drug-likeness (QED) is 0.653. The van der Waals surface area contributed by atoms with E-state index < -0.39 is 0 Å². The van der Waals surface area contributed by atoms with E-state index in [1.165, 1.54) is 30.5 Å². The van der Waals surface area contributed by atoms with E-state index in [1.807, 2.05) is 0 Å². The molecule has 0 saturated carbocycles. The Labute approximate surface area is 98.3 Å². The van der Waals surface area contributed by atoms with Crippen molar-refractivity contribution in [1.82, 2.24) is 5.32 Å². The van der Waals surface area contributed by atoms with Gasteiger partial charge in [-0.1, -0.05) is 32.1 Å². The summed E-state index contributed by atoms with van der Waals surface area (Å²) >= 11 is 0. The van der Waals surface area contributed by atoms with Crippen LogP contribution in [0, 0.1) is 17.3 Å². The molecule has 3 aliphatic rings. The van der Waals surface area contributed by atoms with Gasteiger partial charge < -0.3 is 5.32 Å². The topological polar surface area (TPSA) is 12.0 Å². The van der Waals surface area contributed by atoms with Gasteiger partial charge in [0, 0.05) is 18.2 Å². The SMILES string of the molecule is CC1(C)C2CC=CC=C2C=C2NCCCC21. The van der Waals surface area contributed by atoms with Crippen molar-refractivity contribution >= 4 is 0 Å². The smallest absolute Gasteiger partial charge is 0.0147 e. The van der Waals surface area contributed by atoms with Gasteiger partial charge in [-0.3, -0.25) is 0 Å². The predicted molar refractivity (Wildman–Crippen MR) is 67.9 cm³/mol. The zero-order chi connectivity index (χ0) is 11.2. The second-order valence-corrected chi connectivity index (χ2v) is 5.93. The zero-order valence-electron chi connectivity index (χ0n) is 10.3. The summed E-state index contributed by atoms with van der Waals surface area (Å²) in [6, 6.07) is 0. The maximum Gasteiger partial charge on any atom is 0.0147 e. The fraction of sp³-hybridized carbons (Fsp3) is 0.600. The molecule has 86 valence electrons. The Morgan fingerprint density at radius 1 is 1.31 bits per heavy atom. The Morgan fingerprint density at radius 3 is 3.06 bits per heavy atom. The molecule has 2 aliphatic carbocycles. The van der Waals surface area contributed by atoms with Crippen LogP contribution < -0.4 is 5.32 Å². The molecule has 2 unspecified atom stereocenters. The maximum atomic E-state index is 3.61. The molecular formula is C15H21N. The lowest BCUT2D eigenvalue weighted by Crippen LogP contribution is -2.44. The molecule has 1 saturated heterocycles. The molecule has 16 heavy (non-hydrogen) atoms. The summed E-state index contributed by atoms with van der Waals surface area (Å²) in [5, 5.41) is 3.61. The number of hydrogen-bond acceptors (Lipinski definition) is 1. The van der Waals surface area contributed by atoms with Gasteiger partial charge in [-0.2, -0.15) is 0 Å². The molecule has 1 N–H and O–H groups in total. The molecule has 0 radical (unpaired) electrons. The molecule has 1 aliphatic heterocycles. The van der Waals surface area contributed by atoms with E-state index in [0.717, 1.165) is 18.4 Å². The molecule has 1 nitrogen and oxygen atoms in total. The van der Waals surface area contributed by atoms with Gasteiger partial charge in [0.15, 0.2) is 0 Å². The third-order valence-corrected chi connectivity index (χ3v) is 4.69. The van der Waals surface area contributed by atoms with Crippen molar-refractivity contribution in [2.24, 2.45) is 17.3 Å². The van der Waals surface area contributed by atoms with Gasteiger partial charge in [0.25, 0.3) is 0 Å². The van der Waals surface area contributed by atoms with Crippen molar-refractivity contribution in [2.45, 2.75) is 33.1 Å². The van der Waals surface area contributed by atoms with Crippen LogP contribution in [0.1, 0.15) is 33.1 Å². The Kier molecular flexibility index (Phi) is 2.24. The van der Waals surface area contributed by atoms with E-state index in [1.54, 1.807) is 0 Å². The largest absolute Gasteiger partial charge is 0.388 e. The average molecular weight is 215 g/mol. The van der Waals surface area contributed by atoms with Crippen molar-refractivity contribution < 1.29 is 0 Å². The molecular weight excluding hydrogens is 194 g/mol. The third kappa shape index (κ3) is 1.37. The van der Waals surface area contributed by atoms with E-state index in [9.17, 15) is 0 Å². The van der Waals surface area contributed by atoms with E-state index in [2.05, 4.69) is 43.5 Å². The molecule has 1 fully saturated rings. The van der Waals surface area contributed by atoms with Gasteiger partial charge in [0.05, 0.1) is 0 Å². The van der Waals surface area contributed by atoms with Gasteiger partial charge in [0.2, 0.25) is 0 Å². The summed E-state index contributed by atoms with van der Waals surface area (Å²) < 4.78 is 0. The summed E-state index contributed by atoms with van der Waals surface area (Å²) in [5.41, 5.74) is 3.44. The predicted octanol–water partition coefficient (Wildman–Crippen LogP) is 3.41. The van der Waals surface area contributed by atoms with Crippen LogP contribution in [-0.4, -0.2) is 6.54 Å². The van der Waals surface area contributed by atoms with Gasteiger partial charge in [0.1, 0.15) is 0 Å². The highest BCUT2D eigenvalue weighted by molar-refractivity contribution is 5.39. The first-order valence-electron chi connectivity index (χ1n) is 6.52. The second-order valence-electron chi connectivity index (χ2n) is 5.93. The number of rotatable bonds is 0. The van der Waals surface area contributed by atoms with Gasteiger partial charge in [-0.05, 0) is 42.2 Å². The Balaban J connectivity index is 2.05. The van der Waals surface area contributed by atoms with Crippen LogP contribution in [0.15, 0.2) is 35.6 Å². The molecule has 0 aromatic heterocycles. The van der Waals surface area contributed by atoms with Gasteiger partial charge in [-0.15, -0.1) is 0 Å². The van der Waals surface area contributed by atoms with Crippen LogP contribution in [0.3, 0.4) is 0 Å². The van der Waals surface area contributed by atoms with Crippen LogP contribution in [0.2, 0.25) is 0 Å². The second kappa shape index (κ2) is 3.51. The van der Waals surface area contributed by atoms with Crippen molar-refractivity contribution in [1.29, 1.82) is 0 Å². The van der Waals surface area contributed by atoms with Gasteiger partial charge >= 0.3 is 0 Å². The molecule has 2 atom stereocenters. The Hall–Kier alpha value is -0.980. The summed E-state index contributed by atoms with van der Waals surface area (Å²) in [4.78, 5) is 0. The van der Waals surface area contributed by atoms with E-state index >= 15 is 0 Å². The minimum absolute atomic E-state index is 0.411. The summed E-state index contributed by atoms with van der Waals surface area (Å²) in [5.74, 6) is 1.47. The molecule has 1 heterocycles. The summed E-state index contributed by atoms with van der Waals surface area (Å²) in [7, 11) is 0. The van der Waals surface area contributed by atoms with Crippen LogP contribution in [0.25, 0.3) is 0 Å². The van der Waals surface area contributed by atoms with Crippen molar-refractivity contribution in [2.75, 3.05) is 6.54 Å². The van der Waals surface area contributed by atoms with E-state index in [-0.39, 0.29) is 0 Å². The number of hydrogen-bond donors (Lipinski definition) is 1. The minimum atomic E-state index is 0.411. The lowest BCUT2D eigenvalue weighted by Gasteiger charge is -2.49. The van der Waals surface area contributed by atoms with Crippen molar-refractivity contribution in [3.05, 3.63) is 35.6 Å². The molecule has 0 spiro atoms. The average Bonchev–Trinajstić information content (AvgIpc) is 2.29. The first-order valence-corrected chi connectivity index (χ1v) is 6.52. The Morgan fingerprint density at radius 2 is 2.19 bits per heavy atom. The fourth-order valence-electron chi connectivity index (χ4n) is 3.69. The normalized spacial score (nSPS) is 35.4. The third-order valence-electron chi connectivity index (χ3n) is 4.69. The molecule has 3 rings (SSSR count). The van der Waals surface area contributed by atoms with Crippen LogP contribution in [0.5, 0.6) is 0 Å². The lowest BCUT2D eigenvalue weighted by atomic mass is 9.58. The highest BCUT2D eigenvalue weighted by Gasteiger charge is 2.44. The van der Waals surface area contributed by atoms with Crippen LogP contribution >= 0.6 is 0 Å². The molecule has 0 aromatic carbocycles. The van der Waals surface area contributed by atoms with Crippen molar-refractivity contribution in [3.8, 4) is 0 Å². The standard InChI is InChI=1S/C15H21N/c1-15(2)12-7-4-3-6-11(12)10-14-13(15)8-5-9-16-14/h3-4,6,10,12-13,16H,5,7-9H2,1-2H3. The fourth-order valence-corrected chi connectivity index (χ4v) is 3.69. The van der Waals surface area contributed by atoms with E-state index in [4.69, 9.17) is 0 Å². The molecule has 0 amide bonds. The monoisotopic (exact) mass is 215 g/mol. The first kappa shape index (κ1) is 10.2. The number of allylic oxidation sites excluding steroid dienone is 6. The maximum absolute atomic E-state index is 3.61.